The van der Waals surface area contributed by atoms with Crippen LogP contribution in [0.3, 0.4) is 0 Å². The minimum atomic E-state index is -0.497. The maximum atomic E-state index is 14.8. The number of rotatable bonds is 4. The third-order valence-corrected chi connectivity index (χ3v) is 6.46. The molecule has 29 heavy (non-hydrogen) atoms. The van der Waals surface area contributed by atoms with Gasteiger partial charge in [0.1, 0.15) is 11.9 Å². The first-order valence-electron chi connectivity index (χ1n) is 10.5. The number of carbonyl (C=O) groups excluding carboxylic acids is 2. The third kappa shape index (κ3) is 5.20. The smallest absolute Gasteiger partial charge is 0.249 e. The van der Waals surface area contributed by atoms with E-state index in [1.807, 2.05) is 6.07 Å². The van der Waals surface area contributed by atoms with Crippen LogP contribution in [0.15, 0.2) is 18.2 Å². The molecule has 3 N–H and O–H groups in total. The predicted molar refractivity (Wildman–Crippen MR) is 114 cm³/mol. The Balaban J connectivity index is 0.00000240. The van der Waals surface area contributed by atoms with Gasteiger partial charge in [-0.2, -0.15) is 0 Å². The van der Waals surface area contributed by atoms with Crippen LogP contribution in [-0.4, -0.2) is 44.0 Å². The van der Waals surface area contributed by atoms with E-state index >= 15 is 0 Å². The van der Waals surface area contributed by atoms with Crippen molar-refractivity contribution in [2.75, 3.05) is 36.4 Å². The molecule has 0 aromatic heterocycles. The Labute approximate surface area is 177 Å². The molecule has 0 spiro atoms. The van der Waals surface area contributed by atoms with Crippen LogP contribution in [0.2, 0.25) is 0 Å². The highest BCUT2D eigenvalue weighted by Crippen LogP contribution is 2.33. The van der Waals surface area contributed by atoms with Crippen LogP contribution in [0.25, 0.3) is 0 Å². The summed E-state index contributed by atoms with van der Waals surface area (Å²) in [5, 5.41) is 8.78. The van der Waals surface area contributed by atoms with Gasteiger partial charge in [-0.25, -0.2) is 4.39 Å². The Bertz CT molecular complexity index is 733. The molecule has 0 aliphatic carbocycles. The summed E-state index contributed by atoms with van der Waals surface area (Å²) < 4.78 is 14.8. The number of nitrogens with zero attached hydrogens (tertiary/aromatic N) is 1. The van der Waals surface area contributed by atoms with Crippen molar-refractivity contribution >= 4 is 35.6 Å². The topological polar surface area (TPSA) is 73.5 Å². The van der Waals surface area contributed by atoms with E-state index in [4.69, 9.17) is 0 Å². The van der Waals surface area contributed by atoms with Crippen LogP contribution in [0.4, 0.5) is 15.8 Å². The number of hydrogen-bond acceptors (Lipinski definition) is 5. The Hall–Kier alpha value is -1.86. The van der Waals surface area contributed by atoms with E-state index in [9.17, 15) is 14.0 Å². The molecule has 8 heteroatoms. The zero-order valence-corrected chi connectivity index (χ0v) is 17.4. The second-order valence-corrected chi connectivity index (χ2v) is 8.23. The van der Waals surface area contributed by atoms with Crippen LogP contribution >= 0.6 is 12.4 Å². The number of carbonyl (C=O) groups is 2. The van der Waals surface area contributed by atoms with E-state index in [1.165, 1.54) is 18.9 Å². The van der Waals surface area contributed by atoms with Gasteiger partial charge in [0.25, 0.3) is 0 Å². The van der Waals surface area contributed by atoms with E-state index in [0.717, 1.165) is 50.9 Å². The fraction of sp³-hybridized carbons (Fsp3) is 0.619. The number of halogens is 2. The lowest BCUT2D eigenvalue weighted by Crippen LogP contribution is -2.47. The fourth-order valence-corrected chi connectivity index (χ4v) is 4.81. The lowest BCUT2D eigenvalue weighted by molar-refractivity contribution is -0.133. The molecule has 3 aliphatic rings. The van der Waals surface area contributed by atoms with Gasteiger partial charge in [0, 0.05) is 25.2 Å². The molecule has 0 radical (unpaired) electrons. The molecule has 3 heterocycles. The summed E-state index contributed by atoms with van der Waals surface area (Å²) in [5.41, 5.74) is 1.21. The van der Waals surface area contributed by atoms with Crippen molar-refractivity contribution < 1.29 is 14.0 Å². The number of nitrogens with one attached hydrogen (secondary N) is 3. The zero-order chi connectivity index (χ0) is 19.5. The fourth-order valence-electron chi connectivity index (χ4n) is 4.81. The average Bonchev–Trinajstić information content (AvgIpc) is 2.71. The summed E-state index contributed by atoms with van der Waals surface area (Å²) in [6.45, 7) is 4.04. The first-order chi connectivity index (χ1) is 13.6. The van der Waals surface area contributed by atoms with Gasteiger partial charge in [-0.05, 0) is 75.2 Å². The summed E-state index contributed by atoms with van der Waals surface area (Å²) >= 11 is 0. The van der Waals surface area contributed by atoms with Crippen molar-refractivity contribution in [3.63, 3.8) is 0 Å². The van der Waals surface area contributed by atoms with E-state index in [2.05, 4.69) is 20.9 Å². The van der Waals surface area contributed by atoms with Crippen molar-refractivity contribution in [1.82, 2.24) is 10.6 Å². The number of benzene rings is 1. The van der Waals surface area contributed by atoms with Crippen molar-refractivity contribution in [3.05, 3.63) is 24.0 Å². The lowest BCUT2D eigenvalue weighted by atomic mass is 9.79. The molecule has 2 amide bonds. The highest BCUT2D eigenvalue weighted by molar-refractivity contribution is 6.01. The first-order valence-corrected chi connectivity index (χ1v) is 10.5. The Morgan fingerprint density at radius 1 is 1.00 bits per heavy atom. The molecule has 3 fully saturated rings. The molecule has 3 saturated heterocycles. The molecule has 1 aromatic carbocycles. The van der Waals surface area contributed by atoms with Gasteiger partial charge in [-0.1, -0.05) is 0 Å². The van der Waals surface area contributed by atoms with Gasteiger partial charge in [-0.3, -0.25) is 14.9 Å². The highest BCUT2D eigenvalue weighted by Gasteiger charge is 2.29. The highest BCUT2D eigenvalue weighted by atomic mass is 35.5. The first kappa shape index (κ1) is 21.8. The van der Waals surface area contributed by atoms with Gasteiger partial charge >= 0.3 is 0 Å². The molecule has 6 nitrogen and oxygen atoms in total. The second-order valence-electron chi connectivity index (χ2n) is 8.23. The molecule has 1 unspecified atom stereocenters. The van der Waals surface area contributed by atoms with Crippen molar-refractivity contribution in [2.24, 2.45) is 11.8 Å². The van der Waals surface area contributed by atoms with Gasteiger partial charge in [-0.15, -0.1) is 12.4 Å². The standard InChI is InChI=1S/C21H29FN4O2.ClH/c22-17-13-16(24-18-2-4-20(27)25-21(18)28)1-3-19(17)26-11-7-15(8-12-26)14-5-9-23-10-6-14;/h1,3,13-15,18,23-24H,2,4-12H2,(H,25,27,28);1H. The van der Waals surface area contributed by atoms with Crippen molar-refractivity contribution in [2.45, 2.75) is 44.6 Å². The van der Waals surface area contributed by atoms with E-state index < -0.39 is 6.04 Å². The number of anilines is 2. The Morgan fingerprint density at radius 3 is 2.34 bits per heavy atom. The van der Waals surface area contributed by atoms with Crippen LogP contribution in [-0.2, 0) is 9.59 Å². The number of hydrogen-bond donors (Lipinski definition) is 3. The Morgan fingerprint density at radius 2 is 1.69 bits per heavy atom. The molecular formula is C21H30ClFN4O2. The normalized spacial score (nSPS) is 24.0. The third-order valence-electron chi connectivity index (χ3n) is 6.46. The zero-order valence-electron chi connectivity index (χ0n) is 16.6. The predicted octanol–water partition coefficient (Wildman–Crippen LogP) is 2.68. The number of amides is 2. The van der Waals surface area contributed by atoms with Crippen LogP contribution < -0.4 is 20.9 Å². The van der Waals surface area contributed by atoms with Gasteiger partial charge in [0.15, 0.2) is 0 Å². The molecule has 3 aliphatic heterocycles. The average molecular weight is 425 g/mol. The summed E-state index contributed by atoms with van der Waals surface area (Å²) in [4.78, 5) is 25.3. The van der Waals surface area contributed by atoms with E-state index in [0.29, 0.717) is 24.2 Å². The summed E-state index contributed by atoms with van der Waals surface area (Å²) in [5.74, 6) is 0.707. The quantitative estimate of drug-likeness (QED) is 0.648. The summed E-state index contributed by atoms with van der Waals surface area (Å²) in [6, 6.07) is 4.58. The van der Waals surface area contributed by atoms with Crippen LogP contribution in [0.1, 0.15) is 38.5 Å². The summed E-state index contributed by atoms with van der Waals surface area (Å²) in [6.07, 6.45) is 5.51. The molecule has 1 aromatic rings. The molecule has 4 rings (SSSR count). The minimum absolute atomic E-state index is 0. The van der Waals surface area contributed by atoms with E-state index in [-0.39, 0.29) is 30.0 Å². The summed E-state index contributed by atoms with van der Waals surface area (Å²) in [7, 11) is 0. The molecule has 0 saturated carbocycles. The Kier molecular flexibility index (Phi) is 7.35. The number of piperidine rings is 3. The minimum Gasteiger partial charge on any atom is -0.374 e. The molecule has 0 bridgehead atoms. The van der Waals surface area contributed by atoms with Crippen molar-refractivity contribution in [3.8, 4) is 0 Å². The molecule has 1 atom stereocenters. The van der Waals surface area contributed by atoms with Crippen molar-refractivity contribution in [1.29, 1.82) is 0 Å². The van der Waals surface area contributed by atoms with Crippen LogP contribution in [0, 0.1) is 17.7 Å². The van der Waals surface area contributed by atoms with Crippen LogP contribution in [0.5, 0.6) is 0 Å². The maximum Gasteiger partial charge on any atom is 0.249 e. The number of imide groups is 1. The van der Waals surface area contributed by atoms with E-state index in [1.54, 1.807) is 6.07 Å². The SMILES string of the molecule is Cl.O=C1CCC(Nc2ccc(N3CCC(C4CCNCC4)CC3)c(F)c2)C(=O)N1. The van der Waals surface area contributed by atoms with Gasteiger partial charge in [0.05, 0.1) is 5.69 Å². The lowest BCUT2D eigenvalue weighted by Gasteiger charge is -2.39. The maximum absolute atomic E-state index is 14.8. The monoisotopic (exact) mass is 424 g/mol. The largest absolute Gasteiger partial charge is 0.374 e. The molecular weight excluding hydrogens is 395 g/mol. The van der Waals surface area contributed by atoms with Gasteiger partial charge < -0.3 is 15.5 Å². The molecule has 160 valence electrons. The van der Waals surface area contributed by atoms with Gasteiger partial charge in [0.2, 0.25) is 11.8 Å². The second kappa shape index (κ2) is 9.76.